The van der Waals surface area contributed by atoms with E-state index in [2.05, 4.69) is 24.1 Å². The van der Waals surface area contributed by atoms with Crippen molar-refractivity contribution in [3.63, 3.8) is 0 Å². The Morgan fingerprint density at radius 3 is 1.42 bits per heavy atom. The molecule has 0 saturated heterocycles. The van der Waals surface area contributed by atoms with Crippen molar-refractivity contribution in [3.05, 3.63) is 131 Å². The summed E-state index contributed by atoms with van der Waals surface area (Å²) in [5.41, 5.74) is 1.86. The molecule has 0 saturated carbocycles. The van der Waals surface area contributed by atoms with Gasteiger partial charge in [0, 0.05) is 11.1 Å². The predicted molar refractivity (Wildman–Crippen MR) is 139 cm³/mol. The highest BCUT2D eigenvalue weighted by Crippen LogP contribution is 2.18. The molecular formula is C32H18O4. The Hall–Kier alpha value is -5.32. The van der Waals surface area contributed by atoms with Crippen molar-refractivity contribution in [1.29, 1.82) is 0 Å². The van der Waals surface area contributed by atoms with Gasteiger partial charge in [-0.2, -0.15) is 0 Å². The lowest BCUT2D eigenvalue weighted by molar-refractivity contribution is 0.0690. The molecule has 0 bridgehead atoms. The molecule has 0 fully saturated rings. The predicted octanol–water partition coefficient (Wildman–Crippen LogP) is 6.33. The zero-order chi connectivity index (χ0) is 24.7. The second-order valence-corrected chi connectivity index (χ2v) is 7.87. The molecule has 170 valence electrons. The Morgan fingerprint density at radius 1 is 0.500 bits per heavy atom. The molecule has 0 spiro atoms. The first-order valence-corrected chi connectivity index (χ1v) is 11.2. The van der Waals surface area contributed by atoms with E-state index < -0.39 is 11.9 Å². The summed E-state index contributed by atoms with van der Waals surface area (Å²) in [7, 11) is 0. The zero-order valence-corrected chi connectivity index (χ0v) is 19.0. The maximum absolute atomic E-state index is 12.5. The van der Waals surface area contributed by atoms with Crippen LogP contribution in [0.25, 0.3) is 21.5 Å². The first kappa shape index (κ1) is 22.5. The molecule has 0 atom stereocenters. The third kappa shape index (κ3) is 4.94. The van der Waals surface area contributed by atoms with Crippen LogP contribution in [0.4, 0.5) is 0 Å². The summed E-state index contributed by atoms with van der Waals surface area (Å²) >= 11 is 0. The van der Waals surface area contributed by atoms with Crippen molar-refractivity contribution in [2.24, 2.45) is 0 Å². The van der Waals surface area contributed by atoms with Gasteiger partial charge in [0.25, 0.3) is 0 Å². The van der Waals surface area contributed by atoms with Gasteiger partial charge in [-0.05, 0) is 63.7 Å². The minimum Gasteiger partial charge on any atom is -0.368 e. The molecule has 0 aliphatic heterocycles. The van der Waals surface area contributed by atoms with Crippen LogP contribution in [0.5, 0.6) is 0 Å². The van der Waals surface area contributed by atoms with Crippen LogP contribution < -0.4 is 0 Å². The van der Waals surface area contributed by atoms with Crippen LogP contribution in [0.15, 0.2) is 109 Å². The van der Waals surface area contributed by atoms with Gasteiger partial charge >= 0.3 is 11.9 Å². The monoisotopic (exact) mass is 466 g/mol. The highest BCUT2D eigenvalue weighted by molar-refractivity contribution is 5.96. The van der Waals surface area contributed by atoms with E-state index in [-0.39, 0.29) is 11.1 Å². The smallest absolute Gasteiger partial charge is 0.352 e. The lowest BCUT2D eigenvalue weighted by Crippen LogP contribution is -2.05. The van der Waals surface area contributed by atoms with Gasteiger partial charge in [0.1, 0.15) is 12.2 Å². The lowest BCUT2D eigenvalue weighted by Gasteiger charge is -2.01. The van der Waals surface area contributed by atoms with E-state index >= 15 is 0 Å². The average molecular weight is 466 g/mol. The summed E-state index contributed by atoms with van der Waals surface area (Å²) in [6.07, 6.45) is 4.94. The Morgan fingerprint density at radius 2 is 0.917 bits per heavy atom. The number of ether oxygens (including phenoxy) is 2. The molecule has 0 aromatic heterocycles. The molecule has 5 rings (SSSR count). The minimum atomic E-state index is -0.667. The van der Waals surface area contributed by atoms with Gasteiger partial charge in [-0.1, -0.05) is 78.9 Å². The first-order valence-electron chi connectivity index (χ1n) is 11.2. The van der Waals surface area contributed by atoms with Crippen molar-refractivity contribution >= 4 is 33.5 Å². The number of carbonyl (C=O) groups excluding carboxylic acids is 2. The maximum Gasteiger partial charge on any atom is 0.352 e. The Bertz CT molecular complexity index is 1610. The van der Waals surface area contributed by atoms with Crippen molar-refractivity contribution in [2.45, 2.75) is 0 Å². The van der Waals surface area contributed by atoms with Crippen LogP contribution in [0.2, 0.25) is 0 Å². The molecule has 5 aromatic rings. The topological polar surface area (TPSA) is 52.6 Å². The number of esters is 2. The van der Waals surface area contributed by atoms with Crippen LogP contribution in [-0.2, 0) is 9.47 Å². The molecule has 0 heterocycles. The first-order chi connectivity index (χ1) is 17.7. The van der Waals surface area contributed by atoms with Crippen LogP contribution in [-0.4, -0.2) is 11.9 Å². The van der Waals surface area contributed by atoms with Gasteiger partial charge in [0.2, 0.25) is 0 Å². The van der Waals surface area contributed by atoms with Crippen LogP contribution in [0.3, 0.4) is 0 Å². The van der Waals surface area contributed by atoms with Crippen molar-refractivity contribution in [2.75, 3.05) is 0 Å². The SMILES string of the molecule is O=C(OC#Cc1cccc2ccccc12)c1cccc(C(=O)OC#Cc2cccc3ccccc23)c1. The van der Waals surface area contributed by atoms with Crippen LogP contribution in [0.1, 0.15) is 31.8 Å². The summed E-state index contributed by atoms with van der Waals surface area (Å²) in [6, 6.07) is 33.2. The third-order valence-electron chi connectivity index (χ3n) is 5.57. The molecule has 0 N–H and O–H groups in total. The fourth-order valence-electron chi connectivity index (χ4n) is 3.81. The lowest BCUT2D eigenvalue weighted by atomic mass is 10.1. The molecule has 0 aliphatic carbocycles. The van der Waals surface area contributed by atoms with Crippen molar-refractivity contribution in [3.8, 4) is 24.1 Å². The van der Waals surface area contributed by atoms with Gasteiger partial charge < -0.3 is 9.47 Å². The molecule has 0 radical (unpaired) electrons. The standard InChI is InChI=1S/C32H18O4/c33-31(35-20-18-25-12-5-10-23-8-1-3-16-29(23)25)27-14-7-15-28(22-27)32(34)36-21-19-26-13-6-11-24-9-2-4-17-30(24)26/h1-17,22H. The maximum atomic E-state index is 12.5. The van der Waals surface area contributed by atoms with Crippen molar-refractivity contribution < 1.29 is 19.1 Å². The van der Waals surface area contributed by atoms with E-state index in [1.807, 2.05) is 84.9 Å². The summed E-state index contributed by atoms with van der Waals surface area (Å²) < 4.78 is 10.2. The number of hydrogen-bond acceptors (Lipinski definition) is 4. The van der Waals surface area contributed by atoms with Crippen LogP contribution in [0, 0.1) is 24.1 Å². The molecule has 5 aromatic carbocycles. The molecular weight excluding hydrogens is 448 g/mol. The molecule has 0 unspecified atom stereocenters. The number of carbonyl (C=O) groups is 2. The van der Waals surface area contributed by atoms with E-state index in [0.717, 1.165) is 32.7 Å². The van der Waals surface area contributed by atoms with E-state index in [9.17, 15) is 9.59 Å². The van der Waals surface area contributed by atoms with E-state index in [4.69, 9.17) is 9.47 Å². The summed E-state index contributed by atoms with van der Waals surface area (Å²) in [5.74, 6) is 4.42. The Labute approximate surface area is 208 Å². The van der Waals surface area contributed by atoms with Gasteiger partial charge in [0.15, 0.2) is 0 Å². The Kier molecular flexibility index (Phi) is 6.43. The number of fused-ring (bicyclic) bond motifs is 2. The second kappa shape index (κ2) is 10.3. The normalized spacial score (nSPS) is 10.0. The third-order valence-corrected chi connectivity index (χ3v) is 5.57. The summed E-state index contributed by atoms with van der Waals surface area (Å²) in [6.45, 7) is 0. The number of hydrogen-bond donors (Lipinski definition) is 0. The Balaban J connectivity index is 1.27. The van der Waals surface area contributed by atoms with Gasteiger partial charge in [-0.15, -0.1) is 0 Å². The molecule has 36 heavy (non-hydrogen) atoms. The number of benzene rings is 5. The van der Waals surface area contributed by atoms with E-state index in [0.29, 0.717) is 0 Å². The van der Waals surface area contributed by atoms with Gasteiger partial charge in [-0.25, -0.2) is 9.59 Å². The molecule has 4 heteroatoms. The summed E-state index contributed by atoms with van der Waals surface area (Å²) in [4.78, 5) is 25.0. The molecule has 0 amide bonds. The summed E-state index contributed by atoms with van der Waals surface area (Å²) in [5, 5.41) is 4.03. The van der Waals surface area contributed by atoms with E-state index in [1.165, 1.54) is 6.07 Å². The largest absolute Gasteiger partial charge is 0.368 e. The number of rotatable bonds is 2. The van der Waals surface area contributed by atoms with Crippen LogP contribution >= 0.6 is 0 Å². The van der Waals surface area contributed by atoms with Crippen molar-refractivity contribution in [1.82, 2.24) is 0 Å². The quantitative estimate of drug-likeness (QED) is 0.226. The fraction of sp³-hybridized carbons (Fsp3) is 0. The average Bonchev–Trinajstić information content (AvgIpc) is 2.93. The van der Waals surface area contributed by atoms with Gasteiger partial charge in [-0.3, -0.25) is 0 Å². The molecule has 4 nitrogen and oxygen atoms in total. The molecule has 0 aliphatic rings. The highest BCUT2D eigenvalue weighted by Gasteiger charge is 2.12. The fourth-order valence-corrected chi connectivity index (χ4v) is 3.81. The van der Waals surface area contributed by atoms with E-state index in [1.54, 1.807) is 18.2 Å². The highest BCUT2D eigenvalue weighted by atomic mass is 16.5. The second-order valence-electron chi connectivity index (χ2n) is 7.87. The minimum absolute atomic E-state index is 0.179. The zero-order valence-electron chi connectivity index (χ0n) is 19.0. The van der Waals surface area contributed by atoms with Gasteiger partial charge in [0.05, 0.1) is 11.1 Å².